The highest BCUT2D eigenvalue weighted by Crippen LogP contribution is 2.33. The van der Waals surface area contributed by atoms with E-state index in [9.17, 15) is 18.1 Å². The van der Waals surface area contributed by atoms with E-state index in [2.05, 4.69) is 11.1 Å². The number of nitrogens with zero attached hydrogens (tertiary/aromatic N) is 6. The van der Waals surface area contributed by atoms with Gasteiger partial charge in [-0.1, -0.05) is 11.3 Å². The van der Waals surface area contributed by atoms with Crippen molar-refractivity contribution in [2.45, 2.75) is 31.6 Å². The van der Waals surface area contributed by atoms with Gasteiger partial charge in [0, 0.05) is 42.8 Å². The quantitative estimate of drug-likeness (QED) is 0.353. The number of aromatic nitrogens is 4. The van der Waals surface area contributed by atoms with Gasteiger partial charge in [0.05, 0.1) is 25.1 Å². The Morgan fingerprint density at radius 1 is 1.22 bits per heavy atom. The molecule has 1 fully saturated rings. The summed E-state index contributed by atoms with van der Waals surface area (Å²) >= 11 is 1.51. The molecule has 37 heavy (non-hydrogen) atoms. The molecule has 0 saturated carbocycles. The van der Waals surface area contributed by atoms with E-state index in [4.69, 9.17) is 10.1 Å². The van der Waals surface area contributed by atoms with Crippen molar-refractivity contribution in [3.63, 3.8) is 0 Å². The normalized spacial score (nSPS) is 15.2. The average molecular weight is 541 g/mol. The summed E-state index contributed by atoms with van der Waals surface area (Å²) < 4.78 is 40.5. The van der Waals surface area contributed by atoms with Crippen LogP contribution in [0.2, 0.25) is 0 Å². The summed E-state index contributed by atoms with van der Waals surface area (Å²) in [6, 6.07) is 12.4. The van der Waals surface area contributed by atoms with Crippen LogP contribution < -0.4 is 9.88 Å². The molecule has 0 unspecified atom stereocenters. The first-order valence-corrected chi connectivity index (χ1v) is 14.7. The molecule has 5 rings (SSSR count). The fourth-order valence-electron chi connectivity index (χ4n) is 4.68. The predicted octanol–water partition coefficient (Wildman–Crippen LogP) is 3.77. The minimum atomic E-state index is -3.20. The highest BCUT2D eigenvalue weighted by atomic mass is 32.2. The van der Waals surface area contributed by atoms with Gasteiger partial charge in [-0.2, -0.15) is 14.9 Å². The van der Waals surface area contributed by atoms with E-state index in [1.807, 2.05) is 34.0 Å². The van der Waals surface area contributed by atoms with Crippen LogP contribution in [0, 0.1) is 17.1 Å². The molecule has 4 heterocycles. The second-order valence-electron chi connectivity index (χ2n) is 9.15. The maximum Gasteiger partial charge on any atom is 0.340 e. The number of anilines is 2. The van der Waals surface area contributed by atoms with Gasteiger partial charge in [-0.05, 0) is 49.2 Å². The number of benzene rings is 1. The summed E-state index contributed by atoms with van der Waals surface area (Å²) in [6.07, 6.45) is 3.46. The average Bonchev–Trinajstić information content (AvgIpc) is 3.52. The van der Waals surface area contributed by atoms with Gasteiger partial charge in [0.1, 0.15) is 17.2 Å². The van der Waals surface area contributed by atoms with E-state index in [0.29, 0.717) is 44.4 Å². The minimum Gasteiger partial charge on any atom is -0.230 e. The summed E-state index contributed by atoms with van der Waals surface area (Å²) in [7, 11) is -1.27. The van der Waals surface area contributed by atoms with Crippen molar-refractivity contribution in [1.29, 1.82) is 5.26 Å². The summed E-state index contributed by atoms with van der Waals surface area (Å²) in [4.78, 5) is 10.2. The van der Waals surface area contributed by atoms with Crippen LogP contribution in [-0.4, -0.2) is 53.7 Å². The number of fused-ring (bicyclic) bond motifs is 1. The van der Waals surface area contributed by atoms with E-state index in [1.54, 1.807) is 12.1 Å². The number of hydrogen-bond acceptors (Lipinski definition) is 7. The van der Waals surface area contributed by atoms with Gasteiger partial charge in [-0.3, -0.25) is 0 Å². The molecule has 1 aliphatic rings. The number of sulfonamides is 1. The molecule has 192 valence electrons. The number of thiazole rings is 1. The van der Waals surface area contributed by atoms with E-state index in [-0.39, 0.29) is 11.7 Å². The van der Waals surface area contributed by atoms with Gasteiger partial charge in [0.2, 0.25) is 15.8 Å². The van der Waals surface area contributed by atoms with Crippen molar-refractivity contribution in [2.75, 3.05) is 31.3 Å². The Morgan fingerprint density at radius 2 is 1.95 bits per heavy atom. The third-order valence-corrected chi connectivity index (χ3v) is 8.92. The summed E-state index contributed by atoms with van der Waals surface area (Å²) in [5.74, 6) is 0.626. The molecule has 0 bridgehead atoms. The number of imidazole rings is 1. The fraction of sp³-hybridized carbons (Fsp3) is 0.360. The second-order valence-corrected chi connectivity index (χ2v) is 12.0. The number of aryl methyl sites for hydroxylation is 1. The van der Waals surface area contributed by atoms with Crippen LogP contribution in [0.3, 0.4) is 0 Å². The maximum absolute atomic E-state index is 13.4. The molecule has 12 heteroatoms. The van der Waals surface area contributed by atoms with Crippen LogP contribution >= 0.6 is 11.3 Å². The highest BCUT2D eigenvalue weighted by Gasteiger charge is 2.30. The number of nitrogens with one attached hydrogen (secondary N) is 1. The van der Waals surface area contributed by atoms with Crippen molar-refractivity contribution in [1.82, 2.24) is 18.9 Å². The molecule has 9 nitrogen and oxygen atoms in total. The van der Waals surface area contributed by atoms with Crippen molar-refractivity contribution in [2.24, 2.45) is 0 Å². The van der Waals surface area contributed by atoms with Gasteiger partial charge >= 0.3 is 5.13 Å². The summed E-state index contributed by atoms with van der Waals surface area (Å²) in [6.45, 7) is 0.952. The Bertz CT molecular complexity index is 1570. The smallest absolute Gasteiger partial charge is 0.230 e. The molecular weight excluding hydrogens is 513 g/mol. The van der Waals surface area contributed by atoms with Crippen LogP contribution in [0.4, 0.5) is 15.3 Å². The van der Waals surface area contributed by atoms with Gasteiger partial charge in [0.15, 0.2) is 5.65 Å². The summed E-state index contributed by atoms with van der Waals surface area (Å²) in [5.41, 5.74) is 4.08. The van der Waals surface area contributed by atoms with Crippen LogP contribution in [0.15, 0.2) is 41.8 Å². The van der Waals surface area contributed by atoms with E-state index in [0.717, 1.165) is 33.6 Å². The molecule has 1 N–H and O–H groups in total. The lowest BCUT2D eigenvalue weighted by atomic mass is 9.94. The molecule has 0 amide bonds. The molecule has 4 aromatic rings. The van der Waals surface area contributed by atoms with E-state index in [1.165, 1.54) is 34.0 Å². The summed E-state index contributed by atoms with van der Waals surface area (Å²) in [5, 5.41) is 17.0. The molecule has 1 aromatic carbocycles. The van der Waals surface area contributed by atoms with Crippen molar-refractivity contribution in [3.8, 4) is 17.3 Å². The standard InChI is InChI=1S/C25H26FN7O2S2/c1-31(25-29-22(16-36-25)17-5-7-19(26)8-6-17)24-21(4-3-13-27)28-23-10-9-20(30-33(23)24)18-11-14-32(15-12-18)37(2,34)35/h5-10,16,18H,3-4,11-12,14-15H2,1-2H3/p+1. The third-order valence-electron chi connectivity index (χ3n) is 6.67. The zero-order valence-electron chi connectivity index (χ0n) is 20.6. The largest absolute Gasteiger partial charge is 0.340 e. The SMILES string of the molecule is CN(c1[nH+]c(-c2ccc(F)cc2)cs1)c1c(CCC#N)nc2ccc(C3CCN(S(C)(=O)=O)CC3)nn12. The first-order chi connectivity index (χ1) is 17.7. The Morgan fingerprint density at radius 3 is 2.62 bits per heavy atom. The van der Waals surface area contributed by atoms with Gasteiger partial charge in [-0.25, -0.2) is 32.0 Å². The van der Waals surface area contributed by atoms with Crippen LogP contribution in [0.1, 0.15) is 36.6 Å². The molecule has 1 saturated heterocycles. The lowest BCUT2D eigenvalue weighted by molar-refractivity contribution is -0.343. The topological polar surface area (TPSA) is 109 Å². The second kappa shape index (κ2) is 10.2. The highest BCUT2D eigenvalue weighted by molar-refractivity contribution is 7.88. The number of hydrogen-bond donors (Lipinski definition) is 0. The molecular formula is C25H27FN7O2S2+. The third kappa shape index (κ3) is 5.20. The number of piperidine rings is 1. The predicted molar refractivity (Wildman–Crippen MR) is 140 cm³/mol. The lowest BCUT2D eigenvalue weighted by Crippen LogP contribution is -2.37. The number of aromatic amines is 1. The first-order valence-electron chi connectivity index (χ1n) is 12.0. The van der Waals surface area contributed by atoms with Crippen molar-refractivity contribution < 1.29 is 17.8 Å². The Kier molecular flexibility index (Phi) is 6.94. The monoisotopic (exact) mass is 540 g/mol. The van der Waals surface area contributed by atoms with Gasteiger partial charge in [0.25, 0.3) is 0 Å². The Labute approximate surface area is 218 Å². The maximum atomic E-state index is 13.4. The van der Waals surface area contributed by atoms with E-state index >= 15 is 0 Å². The molecule has 0 aliphatic carbocycles. The molecule has 0 radical (unpaired) electrons. The van der Waals surface area contributed by atoms with Crippen LogP contribution in [-0.2, 0) is 16.4 Å². The molecule has 1 aliphatic heterocycles. The van der Waals surface area contributed by atoms with E-state index < -0.39 is 10.0 Å². The number of rotatable bonds is 7. The zero-order chi connectivity index (χ0) is 26.2. The molecule has 3 aromatic heterocycles. The number of halogens is 1. The Balaban J connectivity index is 1.49. The Hall–Kier alpha value is -3.40. The number of H-pyrrole nitrogens is 1. The lowest BCUT2D eigenvalue weighted by Gasteiger charge is -2.29. The van der Waals surface area contributed by atoms with Gasteiger partial charge < -0.3 is 0 Å². The molecule has 0 spiro atoms. The van der Waals surface area contributed by atoms with Crippen molar-refractivity contribution in [3.05, 3.63) is 59.0 Å². The zero-order valence-corrected chi connectivity index (χ0v) is 22.2. The van der Waals surface area contributed by atoms with Crippen LogP contribution in [0.5, 0.6) is 0 Å². The van der Waals surface area contributed by atoms with Crippen molar-refractivity contribution >= 4 is 38.0 Å². The first kappa shape index (κ1) is 25.3. The van der Waals surface area contributed by atoms with Gasteiger partial charge in [-0.15, -0.1) is 0 Å². The van der Waals surface area contributed by atoms with Crippen LogP contribution in [0.25, 0.3) is 16.9 Å². The molecule has 0 atom stereocenters. The number of nitriles is 1. The minimum absolute atomic E-state index is 0.142. The fourth-order valence-corrected chi connectivity index (χ4v) is 6.39.